The molecule has 5 rings (SSSR count). The summed E-state index contributed by atoms with van der Waals surface area (Å²) >= 11 is 1.65. The zero-order valence-corrected chi connectivity index (χ0v) is 18.9. The molecule has 0 fully saturated rings. The molecule has 0 unspecified atom stereocenters. The first kappa shape index (κ1) is 21.0. The highest BCUT2D eigenvalue weighted by atomic mass is 32.2. The van der Waals surface area contributed by atoms with Gasteiger partial charge in [-0.1, -0.05) is 23.9 Å². The van der Waals surface area contributed by atoms with Crippen molar-refractivity contribution < 1.29 is 4.74 Å². The molecule has 0 saturated carbocycles. The van der Waals surface area contributed by atoms with E-state index in [1.54, 1.807) is 30.4 Å². The van der Waals surface area contributed by atoms with Crippen LogP contribution in [0.25, 0.3) is 22.8 Å². The fourth-order valence-electron chi connectivity index (χ4n) is 3.46. The van der Waals surface area contributed by atoms with E-state index in [0.29, 0.717) is 6.61 Å². The highest BCUT2D eigenvalue weighted by Crippen LogP contribution is 2.30. The lowest BCUT2D eigenvalue weighted by atomic mass is 10.2. The van der Waals surface area contributed by atoms with Crippen LogP contribution >= 0.6 is 11.8 Å². The molecule has 3 heterocycles. The van der Waals surface area contributed by atoms with Crippen LogP contribution in [0.1, 0.15) is 12.5 Å². The van der Waals surface area contributed by atoms with Crippen molar-refractivity contribution in [1.82, 2.24) is 29.5 Å². The molecule has 0 radical (unpaired) electrons. The van der Waals surface area contributed by atoms with Crippen LogP contribution in [0.4, 0.5) is 0 Å². The number of benzene rings is 2. The van der Waals surface area contributed by atoms with E-state index in [-0.39, 0.29) is 0 Å². The number of hydrogen-bond acceptors (Lipinski definition) is 6. The van der Waals surface area contributed by atoms with Crippen LogP contribution in [0, 0.1) is 0 Å². The van der Waals surface area contributed by atoms with Gasteiger partial charge >= 0.3 is 0 Å². The Labute approximate surface area is 196 Å². The highest BCUT2D eigenvalue weighted by molar-refractivity contribution is 7.98. The Morgan fingerprint density at radius 2 is 1.61 bits per heavy atom. The monoisotopic (exact) mass is 454 g/mol. The number of nitrogens with zero attached hydrogens (tertiary/aromatic N) is 6. The van der Waals surface area contributed by atoms with Gasteiger partial charge in [0.05, 0.1) is 12.3 Å². The zero-order valence-electron chi connectivity index (χ0n) is 18.1. The molecule has 0 aliphatic rings. The van der Waals surface area contributed by atoms with Crippen molar-refractivity contribution in [1.29, 1.82) is 0 Å². The Morgan fingerprint density at radius 3 is 2.30 bits per heavy atom. The first-order chi connectivity index (χ1) is 16.3. The summed E-state index contributed by atoms with van der Waals surface area (Å²) in [6, 6.07) is 22.2. The molecule has 7 nitrogen and oxygen atoms in total. The van der Waals surface area contributed by atoms with Gasteiger partial charge in [-0.05, 0) is 67.1 Å². The molecule has 0 spiro atoms. The average Bonchev–Trinajstić information content (AvgIpc) is 3.55. The molecule has 33 heavy (non-hydrogen) atoms. The van der Waals surface area contributed by atoms with E-state index >= 15 is 0 Å². The smallest absolute Gasteiger partial charge is 0.196 e. The van der Waals surface area contributed by atoms with Gasteiger partial charge < -0.3 is 4.74 Å². The SMILES string of the molecule is CCOc1ccc(-n2c(SCc3ccc(-n4cccn4)cc3)nnc2-c2ccncc2)cc1. The van der Waals surface area contributed by atoms with Gasteiger partial charge in [0.2, 0.25) is 0 Å². The lowest BCUT2D eigenvalue weighted by molar-refractivity contribution is 0.340. The van der Waals surface area contributed by atoms with Gasteiger partial charge in [-0.25, -0.2) is 4.68 Å². The number of rotatable bonds is 8. The zero-order chi connectivity index (χ0) is 22.5. The maximum absolute atomic E-state index is 5.60. The molecule has 0 aliphatic carbocycles. The third-order valence-corrected chi connectivity index (χ3v) is 6.05. The summed E-state index contributed by atoms with van der Waals surface area (Å²) in [5.74, 6) is 2.38. The number of aromatic nitrogens is 6. The Bertz CT molecular complexity index is 1300. The summed E-state index contributed by atoms with van der Waals surface area (Å²) in [6.45, 7) is 2.61. The van der Waals surface area contributed by atoms with Crippen LogP contribution in [0.15, 0.2) is 96.7 Å². The quantitative estimate of drug-likeness (QED) is 0.300. The van der Waals surface area contributed by atoms with E-state index in [1.165, 1.54) is 5.56 Å². The lowest BCUT2D eigenvalue weighted by Crippen LogP contribution is -2.00. The summed E-state index contributed by atoms with van der Waals surface area (Å²) in [4.78, 5) is 4.13. The summed E-state index contributed by atoms with van der Waals surface area (Å²) in [6.07, 6.45) is 7.24. The van der Waals surface area contributed by atoms with Crippen LogP contribution in [0.5, 0.6) is 5.75 Å². The van der Waals surface area contributed by atoms with Crippen LogP contribution in [-0.2, 0) is 5.75 Å². The average molecular weight is 455 g/mol. The summed E-state index contributed by atoms with van der Waals surface area (Å²) in [5, 5.41) is 14.1. The Balaban J connectivity index is 1.43. The predicted molar refractivity (Wildman–Crippen MR) is 129 cm³/mol. The molecular formula is C25H22N6OS. The van der Waals surface area contributed by atoms with E-state index in [0.717, 1.165) is 39.4 Å². The third kappa shape index (κ3) is 4.65. The molecule has 164 valence electrons. The van der Waals surface area contributed by atoms with Crippen LogP contribution in [0.3, 0.4) is 0 Å². The van der Waals surface area contributed by atoms with E-state index in [9.17, 15) is 0 Å². The van der Waals surface area contributed by atoms with Crippen molar-refractivity contribution in [2.45, 2.75) is 17.8 Å². The van der Waals surface area contributed by atoms with Crippen LogP contribution < -0.4 is 4.74 Å². The van der Waals surface area contributed by atoms with E-state index in [1.807, 2.05) is 60.3 Å². The third-order valence-electron chi connectivity index (χ3n) is 5.05. The molecule has 0 aliphatic heterocycles. The first-order valence-corrected chi connectivity index (χ1v) is 11.6. The minimum Gasteiger partial charge on any atom is -0.494 e. The molecule has 0 atom stereocenters. The summed E-state index contributed by atoms with van der Waals surface area (Å²) < 4.78 is 9.53. The van der Waals surface area contributed by atoms with E-state index in [2.05, 4.69) is 49.1 Å². The molecule has 3 aromatic heterocycles. The Kier molecular flexibility index (Phi) is 6.16. The second kappa shape index (κ2) is 9.70. The predicted octanol–water partition coefficient (Wildman–Crippen LogP) is 5.21. The molecule has 8 heteroatoms. The minimum absolute atomic E-state index is 0.633. The summed E-state index contributed by atoms with van der Waals surface area (Å²) in [5.41, 5.74) is 4.17. The fraction of sp³-hybridized carbons (Fsp3) is 0.120. The molecule has 5 aromatic rings. The second-order valence-electron chi connectivity index (χ2n) is 7.21. The van der Waals surface area contributed by atoms with Gasteiger partial charge in [-0.3, -0.25) is 9.55 Å². The number of pyridine rings is 1. The number of thioether (sulfide) groups is 1. The van der Waals surface area contributed by atoms with Crippen LogP contribution in [-0.4, -0.2) is 36.1 Å². The molecular weight excluding hydrogens is 432 g/mol. The minimum atomic E-state index is 0.633. The van der Waals surface area contributed by atoms with Gasteiger partial charge in [0.1, 0.15) is 5.75 Å². The Morgan fingerprint density at radius 1 is 0.848 bits per heavy atom. The van der Waals surface area contributed by atoms with Crippen LogP contribution in [0.2, 0.25) is 0 Å². The Hall–Kier alpha value is -3.91. The fourth-order valence-corrected chi connectivity index (χ4v) is 4.36. The molecule has 0 amide bonds. The van der Waals surface area contributed by atoms with Gasteiger partial charge in [-0.15, -0.1) is 10.2 Å². The van der Waals surface area contributed by atoms with Crippen molar-refractivity contribution in [2.75, 3.05) is 6.61 Å². The normalized spacial score (nSPS) is 10.9. The van der Waals surface area contributed by atoms with Gasteiger partial charge in [0.25, 0.3) is 0 Å². The maximum Gasteiger partial charge on any atom is 0.196 e. The largest absolute Gasteiger partial charge is 0.494 e. The van der Waals surface area contributed by atoms with Gasteiger partial charge in [-0.2, -0.15) is 5.10 Å². The number of ether oxygens (including phenoxy) is 1. The van der Waals surface area contributed by atoms with E-state index in [4.69, 9.17) is 4.74 Å². The highest BCUT2D eigenvalue weighted by Gasteiger charge is 2.16. The second-order valence-corrected chi connectivity index (χ2v) is 8.15. The van der Waals surface area contributed by atoms with E-state index < -0.39 is 0 Å². The van der Waals surface area contributed by atoms with Crippen molar-refractivity contribution in [3.05, 3.63) is 97.1 Å². The van der Waals surface area contributed by atoms with Crippen molar-refractivity contribution >= 4 is 11.8 Å². The van der Waals surface area contributed by atoms with Crippen molar-refractivity contribution in [3.8, 4) is 28.5 Å². The molecule has 0 N–H and O–H groups in total. The molecule has 0 bridgehead atoms. The van der Waals surface area contributed by atoms with Crippen molar-refractivity contribution in [2.24, 2.45) is 0 Å². The maximum atomic E-state index is 5.60. The van der Waals surface area contributed by atoms with Gasteiger partial charge in [0, 0.05) is 41.8 Å². The number of hydrogen-bond donors (Lipinski definition) is 0. The molecule has 2 aromatic carbocycles. The van der Waals surface area contributed by atoms with Crippen molar-refractivity contribution in [3.63, 3.8) is 0 Å². The summed E-state index contributed by atoms with van der Waals surface area (Å²) in [7, 11) is 0. The standard InChI is InChI=1S/C25H22N6OS/c1-2-32-23-10-8-22(9-11-23)31-24(20-12-15-26-16-13-20)28-29-25(31)33-18-19-4-6-21(7-5-19)30-17-3-14-27-30/h3-17H,2,18H2,1H3. The topological polar surface area (TPSA) is 70.7 Å². The van der Waals surface area contributed by atoms with Gasteiger partial charge in [0.15, 0.2) is 11.0 Å². The molecule has 0 saturated heterocycles. The lowest BCUT2D eigenvalue weighted by Gasteiger charge is -2.11. The first-order valence-electron chi connectivity index (χ1n) is 10.6.